The maximum absolute atomic E-state index is 9.77. The summed E-state index contributed by atoms with van der Waals surface area (Å²) >= 11 is 0. The lowest BCUT2D eigenvalue weighted by Gasteiger charge is -2.12. The van der Waals surface area contributed by atoms with Crippen molar-refractivity contribution in [2.24, 2.45) is 0 Å². The monoisotopic (exact) mass is 637 g/mol. The molecule has 0 aliphatic carbocycles. The van der Waals surface area contributed by atoms with E-state index in [9.17, 15) is 6.85 Å². The Hall–Kier alpha value is -6.65. The Morgan fingerprint density at radius 1 is 0.388 bits per heavy atom. The molecule has 49 heavy (non-hydrogen) atoms. The van der Waals surface area contributed by atoms with Crippen molar-refractivity contribution in [1.82, 2.24) is 15.0 Å². The van der Waals surface area contributed by atoms with Gasteiger partial charge in [0.05, 0.1) is 16.4 Å². The molecule has 0 aliphatic heterocycles. The highest BCUT2D eigenvalue weighted by Gasteiger charge is 2.18. The predicted molar refractivity (Wildman–Crippen MR) is 201 cm³/mol. The van der Waals surface area contributed by atoms with Crippen LogP contribution in [0, 0.1) is 0 Å². The van der Waals surface area contributed by atoms with Crippen molar-refractivity contribution in [1.29, 1.82) is 0 Å². The fourth-order valence-corrected chi connectivity index (χ4v) is 6.29. The first-order valence-electron chi connectivity index (χ1n) is 21.5. The molecule has 228 valence electrons. The van der Waals surface area contributed by atoms with Crippen LogP contribution in [0.2, 0.25) is 0 Å². The maximum Gasteiger partial charge on any atom is 0.164 e. The summed E-state index contributed by atoms with van der Waals surface area (Å²) in [7, 11) is 0. The number of furan rings is 1. The number of aromatic nitrogens is 3. The van der Waals surface area contributed by atoms with E-state index in [0.717, 1.165) is 0 Å². The van der Waals surface area contributed by atoms with E-state index in [1.807, 2.05) is 60.7 Å². The smallest absolute Gasteiger partial charge is 0.164 e. The molecule has 8 aromatic carbocycles. The van der Waals surface area contributed by atoms with E-state index in [2.05, 4.69) is 0 Å². The number of rotatable bonds is 4. The number of benzene rings is 8. The van der Waals surface area contributed by atoms with Crippen LogP contribution in [0.4, 0.5) is 0 Å². The van der Waals surface area contributed by atoms with Crippen LogP contribution in [0.1, 0.15) is 16.4 Å². The molecule has 0 radical (unpaired) electrons. The molecule has 0 N–H and O–H groups in total. The van der Waals surface area contributed by atoms with Crippen molar-refractivity contribution >= 4 is 54.3 Å². The number of fused-ring (bicyclic) bond motifs is 9. The summed E-state index contributed by atoms with van der Waals surface area (Å²) in [6, 6.07) is 21.3. The Morgan fingerprint density at radius 2 is 1.02 bits per heavy atom. The van der Waals surface area contributed by atoms with E-state index in [1.54, 1.807) is 0 Å². The van der Waals surface area contributed by atoms with Crippen LogP contribution in [0.15, 0.2) is 168 Å². The zero-order chi connectivity index (χ0) is 42.8. The first-order valence-corrected chi connectivity index (χ1v) is 15.5. The second kappa shape index (κ2) is 11.0. The Morgan fingerprint density at radius 3 is 1.78 bits per heavy atom. The largest absolute Gasteiger partial charge is 0.456 e. The molecule has 0 saturated carbocycles. The van der Waals surface area contributed by atoms with E-state index in [4.69, 9.17) is 29.0 Å². The van der Waals surface area contributed by atoms with E-state index >= 15 is 0 Å². The van der Waals surface area contributed by atoms with Crippen molar-refractivity contribution in [2.45, 2.75) is 0 Å². The highest BCUT2D eigenvalue weighted by atomic mass is 16.3. The highest BCUT2D eigenvalue weighted by Crippen LogP contribution is 2.40. The lowest BCUT2D eigenvalue weighted by Crippen LogP contribution is -2.00. The van der Waals surface area contributed by atoms with Gasteiger partial charge in [-0.3, -0.25) is 0 Å². The summed E-state index contributed by atoms with van der Waals surface area (Å²) in [6.45, 7) is 0. The van der Waals surface area contributed by atoms with Crippen molar-refractivity contribution in [3.8, 4) is 45.3 Å². The Labute approximate surface area is 298 Å². The minimum atomic E-state index is -0.548. The molecule has 0 unspecified atom stereocenters. The summed E-state index contributed by atoms with van der Waals surface area (Å²) in [5, 5.41) is 1.25. The Balaban J connectivity index is 1.33. The van der Waals surface area contributed by atoms with Gasteiger partial charge in [0.15, 0.2) is 17.5 Å². The number of hydrogen-bond donors (Lipinski definition) is 0. The number of hydrogen-bond acceptors (Lipinski definition) is 4. The van der Waals surface area contributed by atoms with Gasteiger partial charge in [0.2, 0.25) is 0 Å². The SMILES string of the molecule is [2H]c1cc2c(cc1[2H])c1c([2H])c([2H])cc([2H])c1c1c([2H])c(-c3c([2H])c([2H])c4oc5c([2H])c([2H])cc(-c6nc(-c7ccccc7)nc(-c7ccccc7)n6)c5c4c3[2H])c([2H])cc21. The fourth-order valence-electron chi connectivity index (χ4n) is 6.29. The zero-order valence-electron chi connectivity index (χ0n) is 37.4. The van der Waals surface area contributed by atoms with Gasteiger partial charge in [-0.1, -0.05) is 139 Å². The summed E-state index contributed by atoms with van der Waals surface area (Å²) < 4.78 is 114. The minimum absolute atomic E-state index is 0.0324. The Kier molecular flexibility index (Phi) is 4.04. The van der Waals surface area contributed by atoms with Gasteiger partial charge in [0.25, 0.3) is 0 Å². The van der Waals surface area contributed by atoms with Crippen LogP contribution >= 0.6 is 0 Å². The molecule has 2 aromatic heterocycles. The normalized spacial score (nSPS) is 15.1. The van der Waals surface area contributed by atoms with Gasteiger partial charge >= 0.3 is 0 Å². The van der Waals surface area contributed by atoms with Crippen LogP contribution < -0.4 is 0 Å². The molecule has 0 spiro atoms. The molecule has 10 aromatic rings. The van der Waals surface area contributed by atoms with E-state index < -0.39 is 18.1 Å². The van der Waals surface area contributed by atoms with Gasteiger partial charge in [-0.25, -0.2) is 15.0 Å². The maximum atomic E-state index is 9.77. The second-order valence-electron chi connectivity index (χ2n) is 11.4. The molecule has 0 aliphatic rings. The first-order chi connectivity index (χ1) is 29.2. The molecule has 0 atom stereocenters. The van der Waals surface area contributed by atoms with Crippen molar-refractivity contribution < 1.29 is 20.9 Å². The van der Waals surface area contributed by atoms with E-state index in [-0.39, 0.29) is 120 Å². The molecule has 4 nitrogen and oxygen atoms in total. The lowest BCUT2D eigenvalue weighted by molar-refractivity contribution is 0.669. The van der Waals surface area contributed by atoms with Gasteiger partial charge < -0.3 is 4.42 Å². The molecule has 0 fully saturated rings. The molecular formula is C45H27N3O. The third kappa shape index (κ3) is 4.49. The second-order valence-corrected chi connectivity index (χ2v) is 11.4. The summed E-state index contributed by atoms with van der Waals surface area (Å²) in [6.07, 6.45) is 0. The van der Waals surface area contributed by atoms with Crippen molar-refractivity contribution in [3.05, 3.63) is 164 Å². The van der Waals surface area contributed by atoms with Gasteiger partial charge in [-0.15, -0.1) is 0 Å². The average Bonchev–Trinajstić information content (AvgIpc) is 3.67. The van der Waals surface area contributed by atoms with Gasteiger partial charge in [-0.2, -0.15) is 0 Å². The van der Waals surface area contributed by atoms with Crippen molar-refractivity contribution in [3.63, 3.8) is 0 Å². The summed E-state index contributed by atoms with van der Waals surface area (Å²) in [4.78, 5) is 14.4. The molecule has 2 heterocycles. The van der Waals surface area contributed by atoms with Crippen LogP contribution in [0.3, 0.4) is 0 Å². The molecule has 0 saturated heterocycles. The van der Waals surface area contributed by atoms with Crippen LogP contribution in [-0.2, 0) is 0 Å². The standard InChI is InChI=1S/C45H27N3O/c1-3-12-28(13-4-1)43-46-44(29-14-5-2-6-15-29)48-45(47-43)37-20-11-21-41-42(37)39-27-31(23-25-40(39)49-41)30-22-24-36-34-18-8-7-16-32(34)33-17-9-10-19-35(33)38(36)26-30/h1-27H/i7D,8D,9D,11D,17D,19D,21D,22D,23D,25D,26D,27D. The predicted octanol–water partition coefficient (Wildman–Crippen LogP) is 11.9. The van der Waals surface area contributed by atoms with Crippen molar-refractivity contribution in [2.75, 3.05) is 0 Å². The quantitative estimate of drug-likeness (QED) is 0.180. The summed E-state index contributed by atoms with van der Waals surface area (Å²) in [5.74, 6) is 0.691. The van der Waals surface area contributed by atoms with Crippen LogP contribution in [-0.4, -0.2) is 15.0 Å². The fraction of sp³-hybridized carbons (Fsp3) is 0. The third-order valence-electron chi connectivity index (χ3n) is 8.55. The van der Waals surface area contributed by atoms with E-state index in [1.165, 1.54) is 30.3 Å². The topological polar surface area (TPSA) is 51.8 Å². The van der Waals surface area contributed by atoms with Gasteiger partial charge in [0, 0.05) is 27.5 Å². The number of nitrogens with zero attached hydrogens (tertiary/aromatic N) is 3. The van der Waals surface area contributed by atoms with Crippen LogP contribution in [0.25, 0.3) is 99.5 Å². The molecule has 10 rings (SSSR count). The molecule has 0 bridgehead atoms. The van der Waals surface area contributed by atoms with Gasteiger partial charge in [0.1, 0.15) is 11.2 Å². The molecule has 4 heteroatoms. The van der Waals surface area contributed by atoms with Crippen LogP contribution in [0.5, 0.6) is 0 Å². The van der Waals surface area contributed by atoms with E-state index in [0.29, 0.717) is 33.5 Å². The molecular weight excluding hydrogens is 599 g/mol. The molecule has 0 amide bonds. The minimum Gasteiger partial charge on any atom is -0.456 e. The average molecular weight is 638 g/mol. The Bertz CT molecular complexity index is 3500. The highest BCUT2D eigenvalue weighted by molar-refractivity contribution is 6.25. The lowest BCUT2D eigenvalue weighted by atomic mass is 9.92. The van der Waals surface area contributed by atoms with Gasteiger partial charge in [-0.05, 0) is 67.6 Å². The first kappa shape index (κ1) is 18.0. The third-order valence-corrected chi connectivity index (χ3v) is 8.55. The summed E-state index contributed by atoms with van der Waals surface area (Å²) in [5.41, 5.74) is 0.647. The zero-order valence-corrected chi connectivity index (χ0v) is 25.4.